The fourth-order valence-corrected chi connectivity index (χ4v) is 3.39. The third-order valence-corrected chi connectivity index (χ3v) is 4.86. The number of H-pyrrole nitrogens is 1. The van der Waals surface area contributed by atoms with Crippen molar-refractivity contribution in [1.82, 2.24) is 19.9 Å². The van der Waals surface area contributed by atoms with Gasteiger partial charge < -0.3 is 9.88 Å². The number of halogens is 1. The van der Waals surface area contributed by atoms with Gasteiger partial charge >= 0.3 is 0 Å². The van der Waals surface area contributed by atoms with Gasteiger partial charge in [-0.15, -0.1) is 0 Å². The minimum absolute atomic E-state index is 0.848. The van der Waals surface area contributed by atoms with E-state index in [1.807, 2.05) is 12.4 Å². The van der Waals surface area contributed by atoms with E-state index in [-0.39, 0.29) is 0 Å². The zero-order valence-corrected chi connectivity index (χ0v) is 13.9. The van der Waals surface area contributed by atoms with Crippen molar-refractivity contribution in [1.29, 1.82) is 0 Å². The Kier molecular flexibility index (Phi) is 3.19. The molecule has 0 saturated carbocycles. The van der Waals surface area contributed by atoms with E-state index < -0.39 is 0 Å². The molecule has 4 nitrogen and oxygen atoms in total. The molecule has 1 aromatic carbocycles. The van der Waals surface area contributed by atoms with Crippen LogP contribution in [0.2, 0.25) is 0 Å². The largest absolute Gasteiger partial charge is 0.344 e. The summed E-state index contributed by atoms with van der Waals surface area (Å²) < 4.78 is 1.11. The van der Waals surface area contributed by atoms with Crippen molar-refractivity contribution in [2.75, 3.05) is 13.6 Å². The molecule has 3 aromatic rings. The van der Waals surface area contributed by atoms with Crippen molar-refractivity contribution in [3.05, 3.63) is 45.3 Å². The standard InChI is InChI=1S/C16H15IN4/c1-21-5-4-10-2-3-11(6-12(10)9-21)14-8-19-16-15(20-14)13(17)7-18-16/h2-3,6-8H,4-5,9H2,1H3,(H,18,19). The van der Waals surface area contributed by atoms with Gasteiger partial charge in [0.15, 0.2) is 5.65 Å². The van der Waals surface area contributed by atoms with Gasteiger partial charge in [0.25, 0.3) is 0 Å². The van der Waals surface area contributed by atoms with Gasteiger partial charge in [-0.3, -0.25) is 0 Å². The van der Waals surface area contributed by atoms with Crippen molar-refractivity contribution < 1.29 is 0 Å². The van der Waals surface area contributed by atoms with Gasteiger partial charge in [0, 0.05) is 24.8 Å². The van der Waals surface area contributed by atoms with E-state index in [1.54, 1.807) is 0 Å². The molecule has 0 radical (unpaired) electrons. The summed E-state index contributed by atoms with van der Waals surface area (Å²) in [6, 6.07) is 6.67. The highest BCUT2D eigenvalue weighted by molar-refractivity contribution is 14.1. The molecule has 3 heterocycles. The summed E-state index contributed by atoms with van der Waals surface area (Å²) >= 11 is 2.29. The average Bonchev–Trinajstić information content (AvgIpc) is 2.87. The smallest absolute Gasteiger partial charge is 0.157 e. The maximum absolute atomic E-state index is 4.76. The van der Waals surface area contributed by atoms with Gasteiger partial charge in [0.2, 0.25) is 0 Å². The van der Waals surface area contributed by atoms with Crippen molar-refractivity contribution in [2.45, 2.75) is 13.0 Å². The Morgan fingerprint density at radius 1 is 1.29 bits per heavy atom. The second-order valence-corrected chi connectivity index (χ2v) is 6.72. The van der Waals surface area contributed by atoms with Crippen molar-refractivity contribution >= 4 is 33.8 Å². The van der Waals surface area contributed by atoms with Crippen LogP contribution < -0.4 is 0 Å². The highest BCUT2D eigenvalue weighted by atomic mass is 127. The first-order valence-corrected chi connectivity index (χ1v) is 8.09. The van der Waals surface area contributed by atoms with Crippen LogP contribution in [0.15, 0.2) is 30.6 Å². The fraction of sp³-hybridized carbons (Fsp3) is 0.250. The SMILES string of the molecule is CN1CCc2ccc(-c3cnc4[nH]cc(I)c4n3)cc2C1. The first-order chi connectivity index (χ1) is 10.2. The third-order valence-electron chi connectivity index (χ3n) is 4.04. The van der Waals surface area contributed by atoms with Crippen LogP contribution in [-0.4, -0.2) is 33.4 Å². The molecule has 1 aliphatic rings. The van der Waals surface area contributed by atoms with Gasteiger partial charge in [-0.05, 0) is 53.3 Å². The molecule has 0 fully saturated rings. The van der Waals surface area contributed by atoms with Crippen LogP contribution in [0.1, 0.15) is 11.1 Å². The predicted molar refractivity (Wildman–Crippen MR) is 92.1 cm³/mol. The van der Waals surface area contributed by atoms with E-state index in [0.717, 1.165) is 45.5 Å². The summed E-state index contributed by atoms with van der Waals surface area (Å²) in [6.45, 7) is 2.15. The number of fused-ring (bicyclic) bond motifs is 2. The molecule has 0 atom stereocenters. The highest BCUT2D eigenvalue weighted by Gasteiger charge is 2.14. The zero-order valence-electron chi connectivity index (χ0n) is 11.7. The van der Waals surface area contributed by atoms with Crippen LogP contribution >= 0.6 is 22.6 Å². The normalized spacial score (nSPS) is 15.3. The lowest BCUT2D eigenvalue weighted by atomic mass is 9.97. The number of nitrogens with one attached hydrogen (secondary N) is 1. The molecule has 106 valence electrons. The van der Waals surface area contributed by atoms with Crippen LogP contribution in [0.4, 0.5) is 0 Å². The molecule has 0 unspecified atom stereocenters. The van der Waals surface area contributed by atoms with E-state index in [9.17, 15) is 0 Å². The second kappa shape index (κ2) is 5.06. The molecule has 0 bridgehead atoms. The minimum Gasteiger partial charge on any atom is -0.344 e. The molecule has 0 amide bonds. The first-order valence-electron chi connectivity index (χ1n) is 7.01. The van der Waals surface area contributed by atoms with E-state index >= 15 is 0 Å². The summed E-state index contributed by atoms with van der Waals surface area (Å²) in [6.07, 6.45) is 4.92. The number of aromatic nitrogens is 3. The Morgan fingerprint density at radius 3 is 3.10 bits per heavy atom. The number of benzene rings is 1. The molecule has 0 spiro atoms. The second-order valence-electron chi connectivity index (χ2n) is 5.56. The summed E-state index contributed by atoms with van der Waals surface area (Å²) in [5, 5.41) is 0. The Balaban J connectivity index is 1.81. The predicted octanol–water partition coefficient (Wildman–Crippen LogP) is 3.22. The Labute approximate surface area is 136 Å². The lowest BCUT2D eigenvalue weighted by Gasteiger charge is -2.25. The van der Waals surface area contributed by atoms with E-state index in [0.29, 0.717) is 0 Å². The lowest BCUT2D eigenvalue weighted by molar-refractivity contribution is 0.313. The van der Waals surface area contributed by atoms with E-state index in [1.165, 1.54) is 11.1 Å². The number of hydrogen-bond acceptors (Lipinski definition) is 3. The molecular formula is C16H15IN4. The third kappa shape index (κ3) is 2.34. The molecule has 1 N–H and O–H groups in total. The molecule has 21 heavy (non-hydrogen) atoms. The molecule has 5 heteroatoms. The van der Waals surface area contributed by atoms with Gasteiger partial charge in [-0.1, -0.05) is 12.1 Å². The summed E-state index contributed by atoms with van der Waals surface area (Å²) in [7, 11) is 2.17. The van der Waals surface area contributed by atoms with Gasteiger partial charge in [-0.2, -0.15) is 0 Å². The Hall–Kier alpha value is -1.47. The van der Waals surface area contributed by atoms with Crippen molar-refractivity contribution in [3.63, 3.8) is 0 Å². The maximum atomic E-state index is 4.76. The number of aromatic amines is 1. The lowest BCUT2D eigenvalue weighted by Crippen LogP contribution is -2.26. The summed E-state index contributed by atoms with van der Waals surface area (Å²) in [5.74, 6) is 0. The first kappa shape index (κ1) is 13.2. The Morgan fingerprint density at radius 2 is 2.19 bits per heavy atom. The molecule has 1 aliphatic heterocycles. The molecule has 0 saturated heterocycles. The van der Waals surface area contributed by atoms with Crippen LogP contribution in [-0.2, 0) is 13.0 Å². The van der Waals surface area contributed by atoms with Crippen LogP contribution in [0.5, 0.6) is 0 Å². The molecule has 4 rings (SSSR count). The average molecular weight is 390 g/mol. The van der Waals surface area contributed by atoms with Crippen LogP contribution in [0.25, 0.3) is 22.4 Å². The van der Waals surface area contributed by atoms with Crippen molar-refractivity contribution in [3.8, 4) is 11.3 Å². The van der Waals surface area contributed by atoms with E-state index in [4.69, 9.17) is 4.98 Å². The van der Waals surface area contributed by atoms with Gasteiger partial charge in [-0.25, -0.2) is 9.97 Å². The van der Waals surface area contributed by atoms with Gasteiger partial charge in [0.1, 0.15) is 5.52 Å². The number of nitrogens with zero attached hydrogens (tertiary/aromatic N) is 3. The van der Waals surface area contributed by atoms with Crippen LogP contribution in [0.3, 0.4) is 0 Å². The maximum Gasteiger partial charge on any atom is 0.157 e. The van der Waals surface area contributed by atoms with Gasteiger partial charge in [0.05, 0.1) is 15.5 Å². The number of hydrogen-bond donors (Lipinski definition) is 1. The van der Waals surface area contributed by atoms with E-state index in [2.05, 4.69) is 62.7 Å². The number of rotatable bonds is 1. The summed E-state index contributed by atoms with van der Waals surface area (Å²) in [4.78, 5) is 14.7. The highest BCUT2D eigenvalue weighted by Crippen LogP contribution is 2.26. The minimum atomic E-state index is 0.848. The van der Waals surface area contributed by atoms with Crippen LogP contribution in [0, 0.1) is 3.57 Å². The fourth-order valence-electron chi connectivity index (χ4n) is 2.86. The quantitative estimate of drug-likeness (QED) is 0.649. The van der Waals surface area contributed by atoms with Crippen molar-refractivity contribution in [2.24, 2.45) is 0 Å². The Bertz CT molecular complexity index is 824. The molecular weight excluding hydrogens is 375 g/mol. The topological polar surface area (TPSA) is 44.8 Å². The number of likely N-dealkylation sites (N-methyl/N-ethyl adjacent to an activating group) is 1. The zero-order chi connectivity index (χ0) is 14.4. The molecule has 0 aliphatic carbocycles. The summed E-state index contributed by atoms with van der Waals surface area (Å²) in [5.41, 5.74) is 6.75. The monoisotopic (exact) mass is 390 g/mol. The molecule has 2 aromatic heterocycles.